The topological polar surface area (TPSA) is 64.3 Å². The number of nitrogens with one attached hydrogen (secondary N) is 1. The van der Waals surface area contributed by atoms with E-state index in [9.17, 15) is 4.79 Å². The van der Waals surface area contributed by atoms with Crippen LogP contribution in [0, 0.1) is 0 Å². The number of ether oxygens (including phenoxy) is 1. The van der Waals surface area contributed by atoms with Crippen molar-refractivity contribution in [2.24, 2.45) is 5.73 Å². The van der Waals surface area contributed by atoms with Gasteiger partial charge in [-0.15, -0.1) is 0 Å². The Hall–Kier alpha value is -1.55. The van der Waals surface area contributed by atoms with Crippen molar-refractivity contribution in [1.82, 2.24) is 5.32 Å². The lowest BCUT2D eigenvalue weighted by Crippen LogP contribution is -2.24. The number of carbonyl (C=O) groups excluding carboxylic acids is 1. The molecular weight excluding hydrogens is 228 g/mol. The molecule has 1 aromatic rings. The third-order valence-corrected chi connectivity index (χ3v) is 2.72. The SMILES string of the molecule is CCNC(=O)CCOc1ccccc1C(N)CC. The Morgan fingerprint density at radius 3 is 2.78 bits per heavy atom. The van der Waals surface area contributed by atoms with Crippen molar-refractivity contribution in [1.29, 1.82) is 0 Å². The molecule has 3 N–H and O–H groups in total. The molecule has 0 aromatic heterocycles. The molecule has 0 aliphatic rings. The fourth-order valence-corrected chi connectivity index (χ4v) is 1.68. The first-order valence-corrected chi connectivity index (χ1v) is 6.43. The maximum absolute atomic E-state index is 11.3. The molecule has 100 valence electrons. The van der Waals surface area contributed by atoms with Crippen LogP contribution in [-0.2, 0) is 4.79 Å². The maximum Gasteiger partial charge on any atom is 0.223 e. The number of rotatable bonds is 7. The average molecular weight is 250 g/mol. The predicted octanol–water partition coefficient (Wildman–Crippen LogP) is 2.00. The highest BCUT2D eigenvalue weighted by atomic mass is 16.5. The second-order valence-electron chi connectivity index (χ2n) is 4.10. The van der Waals surface area contributed by atoms with Gasteiger partial charge in [0.1, 0.15) is 5.75 Å². The highest BCUT2D eigenvalue weighted by molar-refractivity contribution is 5.75. The summed E-state index contributed by atoms with van der Waals surface area (Å²) in [6.45, 7) is 4.96. The fourth-order valence-electron chi connectivity index (χ4n) is 1.68. The minimum atomic E-state index is -0.0225. The lowest BCUT2D eigenvalue weighted by atomic mass is 10.0. The molecule has 1 unspecified atom stereocenters. The molecule has 0 radical (unpaired) electrons. The van der Waals surface area contributed by atoms with Crippen LogP contribution in [0.5, 0.6) is 5.75 Å². The Bertz CT molecular complexity index is 380. The first kappa shape index (κ1) is 14.5. The molecule has 0 aliphatic heterocycles. The minimum Gasteiger partial charge on any atom is -0.493 e. The van der Waals surface area contributed by atoms with Gasteiger partial charge in [-0.1, -0.05) is 25.1 Å². The van der Waals surface area contributed by atoms with E-state index in [0.29, 0.717) is 19.6 Å². The zero-order valence-corrected chi connectivity index (χ0v) is 11.1. The molecule has 0 saturated heterocycles. The third-order valence-electron chi connectivity index (χ3n) is 2.72. The molecule has 4 heteroatoms. The van der Waals surface area contributed by atoms with Gasteiger partial charge in [0, 0.05) is 18.2 Å². The summed E-state index contributed by atoms with van der Waals surface area (Å²) in [5.41, 5.74) is 7.01. The van der Waals surface area contributed by atoms with Crippen LogP contribution in [-0.4, -0.2) is 19.1 Å². The van der Waals surface area contributed by atoms with Crippen LogP contribution in [0.25, 0.3) is 0 Å². The van der Waals surface area contributed by atoms with Gasteiger partial charge in [-0.3, -0.25) is 4.79 Å². The molecule has 18 heavy (non-hydrogen) atoms. The van der Waals surface area contributed by atoms with Gasteiger partial charge >= 0.3 is 0 Å². The maximum atomic E-state index is 11.3. The fraction of sp³-hybridized carbons (Fsp3) is 0.500. The summed E-state index contributed by atoms with van der Waals surface area (Å²) in [6, 6.07) is 7.69. The summed E-state index contributed by atoms with van der Waals surface area (Å²) >= 11 is 0. The Morgan fingerprint density at radius 2 is 2.11 bits per heavy atom. The molecule has 0 aliphatic carbocycles. The van der Waals surface area contributed by atoms with Crippen molar-refractivity contribution in [3.63, 3.8) is 0 Å². The Balaban J connectivity index is 2.54. The van der Waals surface area contributed by atoms with Gasteiger partial charge in [-0.25, -0.2) is 0 Å². The molecule has 0 fully saturated rings. The van der Waals surface area contributed by atoms with Gasteiger partial charge in [0.15, 0.2) is 0 Å². The lowest BCUT2D eigenvalue weighted by Gasteiger charge is -2.15. The van der Waals surface area contributed by atoms with Gasteiger partial charge in [-0.05, 0) is 19.4 Å². The molecule has 4 nitrogen and oxygen atoms in total. The normalized spacial score (nSPS) is 11.9. The summed E-state index contributed by atoms with van der Waals surface area (Å²) in [7, 11) is 0. The minimum absolute atomic E-state index is 0.00905. The largest absolute Gasteiger partial charge is 0.493 e. The summed E-state index contributed by atoms with van der Waals surface area (Å²) < 4.78 is 5.64. The van der Waals surface area contributed by atoms with Crippen LogP contribution in [0.1, 0.15) is 38.3 Å². The number of benzene rings is 1. The zero-order chi connectivity index (χ0) is 13.4. The highest BCUT2D eigenvalue weighted by Gasteiger charge is 2.10. The quantitative estimate of drug-likeness (QED) is 0.778. The number of hydrogen-bond acceptors (Lipinski definition) is 3. The first-order chi connectivity index (χ1) is 8.69. The van der Waals surface area contributed by atoms with Crippen molar-refractivity contribution in [3.05, 3.63) is 29.8 Å². The molecule has 0 spiro atoms. The number of carbonyl (C=O) groups is 1. The van der Waals surface area contributed by atoms with Crippen LogP contribution < -0.4 is 15.8 Å². The van der Waals surface area contributed by atoms with Crippen molar-refractivity contribution in [2.75, 3.05) is 13.2 Å². The molecule has 0 heterocycles. The molecule has 0 saturated carbocycles. The van der Waals surface area contributed by atoms with Gasteiger partial charge in [0.25, 0.3) is 0 Å². The van der Waals surface area contributed by atoms with Crippen molar-refractivity contribution < 1.29 is 9.53 Å². The zero-order valence-electron chi connectivity index (χ0n) is 11.1. The van der Waals surface area contributed by atoms with E-state index in [1.54, 1.807) is 0 Å². The summed E-state index contributed by atoms with van der Waals surface area (Å²) in [5.74, 6) is 0.783. The smallest absolute Gasteiger partial charge is 0.223 e. The van der Waals surface area contributed by atoms with Crippen LogP contribution in [0.15, 0.2) is 24.3 Å². The first-order valence-electron chi connectivity index (χ1n) is 6.43. The van der Waals surface area contributed by atoms with E-state index in [4.69, 9.17) is 10.5 Å². The van der Waals surface area contributed by atoms with Gasteiger partial charge in [0.2, 0.25) is 5.91 Å². The summed E-state index contributed by atoms with van der Waals surface area (Å²) in [5, 5.41) is 2.74. The Labute approximate surface area is 109 Å². The van der Waals surface area contributed by atoms with Gasteiger partial charge < -0.3 is 15.8 Å². The van der Waals surface area contributed by atoms with Crippen molar-refractivity contribution in [3.8, 4) is 5.75 Å². The second kappa shape index (κ2) is 7.71. The molecule has 0 bridgehead atoms. The van der Waals surface area contributed by atoms with Gasteiger partial charge in [-0.2, -0.15) is 0 Å². The summed E-state index contributed by atoms with van der Waals surface area (Å²) in [4.78, 5) is 11.3. The molecule has 1 rings (SSSR count). The third kappa shape index (κ3) is 4.37. The number of amides is 1. The Morgan fingerprint density at radius 1 is 1.39 bits per heavy atom. The monoisotopic (exact) mass is 250 g/mol. The predicted molar refractivity (Wildman–Crippen MR) is 72.5 cm³/mol. The molecular formula is C14H22N2O2. The van der Waals surface area contributed by atoms with Crippen LogP contribution in [0.2, 0.25) is 0 Å². The summed E-state index contributed by atoms with van der Waals surface area (Å²) in [6.07, 6.45) is 1.22. The van der Waals surface area contributed by atoms with E-state index in [1.807, 2.05) is 38.1 Å². The highest BCUT2D eigenvalue weighted by Crippen LogP contribution is 2.25. The standard InChI is InChI=1S/C14H22N2O2/c1-3-12(15)11-7-5-6-8-13(11)18-10-9-14(17)16-4-2/h5-8,12H,3-4,9-10,15H2,1-2H3,(H,16,17). The van der Waals surface area contributed by atoms with Crippen LogP contribution in [0.3, 0.4) is 0 Å². The van der Waals surface area contributed by atoms with E-state index in [-0.39, 0.29) is 11.9 Å². The van der Waals surface area contributed by atoms with E-state index in [0.717, 1.165) is 17.7 Å². The number of para-hydroxylation sites is 1. The second-order valence-corrected chi connectivity index (χ2v) is 4.10. The number of nitrogens with two attached hydrogens (primary N) is 1. The van der Waals surface area contributed by atoms with Gasteiger partial charge in [0.05, 0.1) is 13.0 Å². The lowest BCUT2D eigenvalue weighted by molar-refractivity contribution is -0.121. The Kier molecular flexibility index (Phi) is 6.22. The van der Waals surface area contributed by atoms with E-state index in [2.05, 4.69) is 5.32 Å². The molecule has 1 aromatic carbocycles. The molecule has 1 amide bonds. The van der Waals surface area contributed by atoms with Crippen molar-refractivity contribution >= 4 is 5.91 Å². The van der Waals surface area contributed by atoms with E-state index < -0.39 is 0 Å². The average Bonchev–Trinajstić information content (AvgIpc) is 2.39. The van der Waals surface area contributed by atoms with E-state index >= 15 is 0 Å². The van der Waals surface area contributed by atoms with Crippen LogP contribution >= 0.6 is 0 Å². The van der Waals surface area contributed by atoms with Crippen LogP contribution in [0.4, 0.5) is 0 Å². The van der Waals surface area contributed by atoms with E-state index in [1.165, 1.54) is 0 Å². The molecule has 1 atom stereocenters. The van der Waals surface area contributed by atoms with Crippen molar-refractivity contribution in [2.45, 2.75) is 32.7 Å². The number of hydrogen-bond donors (Lipinski definition) is 2.